The standard InChI is InChI=1S/C19H32N4O/c1-14(21-16-9-11-24-12-10-16)18-13-20-19(22-15(18)2)23(3)17-7-5-4-6-8-17/h13-14,16-17,21H,4-12H2,1-3H3. The van der Waals surface area contributed by atoms with Gasteiger partial charge in [-0.15, -0.1) is 0 Å². The molecule has 0 amide bonds. The van der Waals surface area contributed by atoms with Crippen LogP contribution >= 0.6 is 0 Å². The quantitative estimate of drug-likeness (QED) is 0.896. The first-order valence-electron chi connectivity index (χ1n) is 9.55. The normalized spacial score (nSPS) is 21.6. The van der Waals surface area contributed by atoms with Gasteiger partial charge in [-0.2, -0.15) is 0 Å². The maximum absolute atomic E-state index is 5.44. The summed E-state index contributed by atoms with van der Waals surface area (Å²) in [6.45, 7) is 6.05. The first-order valence-corrected chi connectivity index (χ1v) is 9.55. The Morgan fingerprint density at radius 1 is 1.17 bits per heavy atom. The van der Waals surface area contributed by atoms with E-state index in [1.54, 1.807) is 0 Å². The van der Waals surface area contributed by atoms with Gasteiger partial charge in [0, 0.05) is 55.8 Å². The second kappa shape index (κ2) is 8.26. The molecule has 1 aromatic rings. The number of rotatable bonds is 5. The van der Waals surface area contributed by atoms with Gasteiger partial charge in [0.05, 0.1) is 0 Å². The van der Waals surface area contributed by atoms with Crippen LogP contribution in [0.4, 0.5) is 5.95 Å². The minimum Gasteiger partial charge on any atom is -0.381 e. The number of nitrogens with zero attached hydrogens (tertiary/aromatic N) is 3. The molecule has 1 saturated heterocycles. The lowest BCUT2D eigenvalue weighted by Crippen LogP contribution is -2.37. The highest BCUT2D eigenvalue weighted by Crippen LogP contribution is 2.25. The SMILES string of the molecule is Cc1nc(N(C)C2CCCCC2)ncc1C(C)NC1CCOCC1. The number of aromatic nitrogens is 2. The molecular formula is C19H32N4O. The maximum atomic E-state index is 5.44. The first-order chi connectivity index (χ1) is 11.6. The molecule has 0 aromatic carbocycles. The molecule has 5 nitrogen and oxygen atoms in total. The van der Waals surface area contributed by atoms with Crippen molar-refractivity contribution in [3.8, 4) is 0 Å². The lowest BCUT2D eigenvalue weighted by atomic mass is 9.95. The van der Waals surface area contributed by atoms with Crippen molar-refractivity contribution < 1.29 is 4.74 Å². The van der Waals surface area contributed by atoms with Gasteiger partial charge in [0.1, 0.15) is 0 Å². The van der Waals surface area contributed by atoms with Gasteiger partial charge in [-0.1, -0.05) is 19.3 Å². The van der Waals surface area contributed by atoms with Crippen LogP contribution in [0.3, 0.4) is 0 Å². The van der Waals surface area contributed by atoms with Crippen molar-refractivity contribution in [2.24, 2.45) is 0 Å². The van der Waals surface area contributed by atoms with Gasteiger partial charge >= 0.3 is 0 Å². The van der Waals surface area contributed by atoms with Gasteiger partial charge in [0.2, 0.25) is 5.95 Å². The van der Waals surface area contributed by atoms with Crippen molar-refractivity contribution in [2.45, 2.75) is 76.9 Å². The molecule has 1 aromatic heterocycles. The van der Waals surface area contributed by atoms with E-state index in [1.807, 2.05) is 6.20 Å². The van der Waals surface area contributed by atoms with E-state index in [2.05, 4.69) is 36.1 Å². The summed E-state index contributed by atoms with van der Waals surface area (Å²) in [6, 6.07) is 1.42. The monoisotopic (exact) mass is 332 g/mol. The summed E-state index contributed by atoms with van der Waals surface area (Å²) in [5.74, 6) is 0.876. The fourth-order valence-corrected chi connectivity index (χ4v) is 4.00. The molecule has 134 valence electrons. The van der Waals surface area contributed by atoms with Gasteiger partial charge in [0.15, 0.2) is 0 Å². The van der Waals surface area contributed by atoms with Crippen LogP contribution in [-0.2, 0) is 4.74 Å². The Morgan fingerprint density at radius 3 is 2.54 bits per heavy atom. The number of hydrogen-bond donors (Lipinski definition) is 1. The van der Waals surface area contributed by atoms with Crippen molar-refractivity contribution >= 4 is 5.95 Å². The molecule has 1 aliphatic carbocycles. The minimum absolute atomic E-state index is 0.280. The Hall–Kier alpha value is -1.20. The summed E-state index contributed by atoms with van der Waals surface area (Å²) in [5, 5.41) is 3.71. The number of nitrogens with one attached hydrogen (secondary N) is 1. The van der Waals surface area contributed by atoms with Crippen LogP contribution in [0.25, 0.3) is 0 Å². The largest absolute Gasteiger partial charge is 0.381 e. The third-order valence-electron chi connectivity index (χ3n) is 5.62. The molecule has 1 aliphatic heterocycles. The molecule has 1 atom stereocenters. The van der Waals surface area contributed by atoms with E-state index >= 15 is 0 Å². The zero-order valence-corrected chi connectivity index (χ0v) is 15.4. The number of aryl methyl sites for hydroxylation is 1. The van der Waals surface area contributed by atoms with Crippen LogP contribution in [0.1, 0.15) is 69.2 Å². The van der Waals surface area contributed by atoms with E-state index in [-0.39, 0.29) is 6.04 Å². The summed E-state index contributed by atoms with van der Waals surface area (Å²) in [4.78, 5) is 11.8. The second-order valence-corrected chi connectivity index (χ2v) is 7.39. The first kappa shape index (κ1) is 17.6. The highest BCUT2D eigenvalue weighted by atomic mass is 16.5. The van der Waals surface area contributed by atoms with Crippen molar-refractivity contribution in [1.82, 2.24) is 15.3 Å². The van der Waals surface area contributed by atoms with E-state index in [1.165, 1.54) is 37.7 Å². The van der Waals surface area contributed by atoms with E-state index in [0.717, 1.165) is 37.7 Å². The third-order valence-corrected chi connectivity index (χ3v) is 5.62. The Kier molecular flexibility index (Phi) is 6.06. The molecular weight excluding hydrogens is 300 g/mol. The number of anilines is 1. The summed E-state index contributed by atoms with van der Waals surface area (Å²) in [6.07, 6.45) is 10.8. The molecule has 3 rings (SSSR count). The zero-order chi connectivity index (χ0) is 16.9. The Labute approximate surface area is 146 Å². The third kappa shape index (κ3) is 4.25. The minimum atomic E-state index is 0.280. The molecule has 1 unspecified atom stereocenters. The topological polar surface area (TPSA) is 50.3 Å². The van der Waals surface area contributed by atoms with Crippen molar-refractivity contribution in [2.75, 3.05) is 25.2 Å². The summed E-state index contributed by atoms with van der Waals surface area (Å²) >= 11 is 0. The summed E-state index contributed by atoms with van der Waals surface area (Å²) in [5.41, 5.74) is 2.30. The van der Waals surface area contributed by atoms with Gasteiger partial charge in [-0.25, -0.2) is 9.97 Å². The second-order valence-electron chi connectivity index (χ2n) is 7.39. The van der Waals surface area contributed by atoms with Crippen LogP contribution in [0, 0.1) is 6.92 Å². The summed E-state index contributed by atoms with van der Waals surface area (Å²) < 4.78 is 5.44. The van der Waals surface area contributed by atoms with Gasteiger partial charge in [-0.3, -0.25) is 0 Å². The maximum Gasteiger partial charge on any atom is 0.225 e. The molecule has 1 saturated carbocycles. The lowest BCUT2D eigenvalue weighted by molar-refractivity contribution is 0.0754. The van der Waals surface area contributed by atoms with E-state index in [4.69, 9.17) is 9.72 Å². The predicted octanol–water partition coefficient (Wildman–Crippen LogP) is 3.38. The smallest absolute Gasteiger partial charge is 0.225 e. The fourth-order valence-electron chi connectivity index (χ4n) is 4.00. The highest BCUT2D eigenvalue weighted by molar-refractivity contribution is 5.34. The van der Waals surface area contributed by atoms with Crippen molar-refractivity contribution in [1.29, 1.82) is 0 Å². The Balaban J connectivity index is 1.64. The molecule has 0 radical (unpaired) electrons. The Bertz CT molecular complexity index is 524. The van der Waals surface area contributed by atoms with Crippen LogP contribution in [0.15, 0.2) is 6.20 Å². The average Bonchev–Trinajstić information content (AvgIpc) is 2.62. The Morgan fingerprint density at radius 2 is 1.88 bits per heavy atom. The van der Waals surface area contributed by atoms with Gasteiger partial charge < -0.3 is 15.0 Å². The van der Waals surface area contributed by atoms with Crippen LogP contribution in [0.2, 0.25) is 0 Å². The number of ether oxygens (including phenoxy) is 1. The molecule has 2 heterocycles. The molecule has 2 fully saturated rings. The number of hydrogen-bond acceptors (Lipinski definition) is 5. The predicted molar refractivity (Wildman–Crippen MR) is 97.4 cm³/mol. The molecule has 5 heteroatoms. The molecule has 2 aliphatic rings. The van der Waals surface area contributed by atoms with Crippen LogP contribution in [-0.4, -0.2) is 42.3 Å². The van der Waals surface area contributed by atoms with Crippen molar-refractivity contribution in [3.63, 3.8) is 0 Å². The zero-order valence-electron chi connectivity index (χ0n) is 15.4. The van der Waals surface area contributed by atoms with Crippen LogP contribution in [0.5, 0.6) is 0 Å². The summed E-state index contributed by atoms with van der Waals surface area (Å²) in [7, 11) is 2.15. The molecule has 24 heavy (non-hydrogen) atoms. The molecule has 0 spiro atoms. The average molecular weight is 332 g/mol. The molecule has 1 N–H and O–H groups in total. The van der Waals surface area contributed by atoms with E-state index in [9.17, 15) is 0 Å². The highest BCUT2D eigenvalue weighted by Gasteiger charge is 2.22. The van der Waals surface area contributed by atoms with Gasteiger partial charge in [-0.05, 0) is 39.5 Å². The fraction of sp³-hybridized carbons (Fsp3) is 0.789. The van der Waals surface area contributed by atoms with Crippen molar-refractivity contribution in [3.05, 3.63) is 17.5 Å². The van der Waals surface area contributed by atoms with Crippen LogP contribution < -0.4 is 10.2 Å². The lowest BCUT2D eigenvalue weighted by Gasteiger charge is -2.32. The molecule has 0 bridgehead atoms. The van der Waals surface area contributed by atoms with E-state index < -0.39 is 0 Å². The van der Waals surface area contributed by atoms with E-state index in [0.29, 0.717) is 12.1 Å². The van der Waals surface area contributed by atoms with Gasteiger partial charge in [0.25, 0.3) is 0 Å².